The Morgan fingerprint density at radius 3 is 2.21 bits per heavy atom. The van der Waals surface area contributed by atoms with Gasteiger partial charge in [-0.3, -0.25) is 0 Å². The highest BCUT2D eigenvalue weighted by Gasteiger charge is 2.15. The summed E-state index contributed by atoms with van der Waals surface area (Å²) in [5, 5.41) is 0. The predicted molar refractivity (Wildman–Crippen MR) is 81.3 cm³/mol. The van der Waals surface area contributed by atoms with Crippen LogP contribution in [0.4, 0.5) is 0 Å². The van der Waals surface area contributed by atoms with Crippen molar-refractivity contribution in [1.82, 2.24) is 0 Å². The van der Waals surface area contributed by atoms with Gasteiger partial charge in [0, 0.05) is 6.61 Å². The third-order valence-electron chi connectivity index (χ3n) is 3.41. The van der Waals surface area contributed by atoms with E-state index in [-0.39, 0.29) is 0 Å². The molecule has 0 N–H and O–H groups in total. The number of ether oxygens (including phenoxy) is 2. The Morgan fingerprint density at radius 1 is 1.00 bits per heavy atom. The highest BCUT2D eigenvalue weighted by molar-refractivity contribution is 5.47. The second-order valence-corrected chi connectivity index (χ2v) is 5.55. The second kappa shape index (κ2) is 7.54. The van der Waals surface area contributed by atoms with E-state index in [9.17, 15) is 0 Å². The van der Waals surface area contributed by atoms with Gasteiger partial charge in [0.05, 0.1) is 6.61 Å². The second-order valence-electron chi connectivity index (χ2n) is 5.55. The van der Waals surface area contributed by atoms with Gasteiger partial charge in [-0.15, -0.1) is 0 Å². The fraction of sp³-hybridized carbons (Fsp3) is 0.647. The smallest absolute Gasteiger partial charge is 0.123 e. The van der Waals surface area contributed by atoms with E-state index >= 15 is 0 Å². The molecule has 0 aliphatic heterocycles. The van der Waals surface area contributed by atoms with E-state index in [0.29, 0.717) is 25.0 Å². The fourth-order valence-corrected chi connectivity index (χ4v) is 2.54. The standard InChI is InChI=1S/C17H28O2/c1-7-18-10-11-19-16-9-8-15(12(2)3)14(6)17(16)13(4)5/h8-9,12-13H,7,10-11H2,1-6H3. The monoisotopic (exact) mass is 264 g/mol. The van der Waals surface area contributed by atoms with Gasteiger partial charge in [0.25, 0.3) is 0 Å². The molecule has 0 saturated carbocycles. The summed E-state index contributed by atoms with van der Waals surface area (Å²) >= 11 is 0. The molecule has 19 heavy (non-hydrogen) atoms. The van der Waals surface area contributed by atoms with Crippen molar-refractivity contribution in [3.05, 3.63) is 28.8 Å². The summed E-state index contributed by atoms with van der Waals surface area (Å²) in [5.74, 6) is 2.03. The maximum absolute atomic E-state index is 5.89. The quantitative estimate of drug-likeness (QED) is 0.667. The Labute approximate surface area is 118 Å². The highest BCUT2D eigenvalue weighted by Crippen LogP contribution is 2.34. The molecule has 1 aromatic rings. The molecule has 0 aliphatic rings. The van der Waals surface area contributed by atoms with E-state index < -0.39 is 0 Å². The van der Waals surface area contributed by atoms with Crippen LogP contribution in [0.15, 0.2) is 12.1 Å². The van der Waals surface area contributed by atoms with Gasteiger partial charge >= 0.3 is 0 Å². The lowest BCUT2D eigenvalue weighted by molar-refractivity contribution is 0.109. The summed E-state index contributed by atoms with van der Waals surface area (Å²) in [6.07, 6.45) is 0. The Balaban J connectivity index is 2.95. The van der Waals surface area contributed by atoms with E-state index in [1.54, 1.807) is 0 Å². The van der Waals surface area contributed by atoms with Crippen molar-refractivity contribution in [1.29, 1.82) is 0 Å². The minimum absolute atomic E-state index is 0.473. The van der Waals surface area contributed by atoms with Crippen molar-refractivity contribution in [2.45, 2.75) is 53.4 Å². The Bertz CT molecular complexity index is 394. The average molecular weight is 264 g/mol. The summed E-state index contributed by atoms with van der Waals surface area (Å²) < 4.78 is 11.2. The molecule has 0 atom stereocenters. The van der Waals surface area contributed by atoms with Gasteiger partial charge in [0.15, 0.2) is 0 Å². The van der Waals surface area contributed by atoms with Crippen LogP contribution in [0.25, 0.3) is 0 Å². The number of hydrogen-bond donors (Lipinski definition) is 0. The van der Waals surface area contributed by atoms with Crippen LogP contribution in [0.2, 0.25) is 0 Å². The Morgan fingerprint density at radius 2 is 1.68 bits per heavy atom. The molecule has 0 radical (unpaired) electrons. The minimum atomic E-state index is 0.473. The van der Waals surface area contributed by atoms with Crippen molar-refractivity contribution in [2.24, 2.45) is 0 Å². The lowest BCUT2D eigenvalue weighted by Gasteiger charge is -2.21. The summed E-state index contributed by atoms with van der Waals surface area (Å²) in [4.78, 5) is 0. The van der Waals surface area contributed by atoms with Crippen molar-refractivity contribution in [2.75, 3.05) is 19.8 Å². The largest absolute Gasteiger partial charge is 0.491 e. The summed E-state index contributed by atoms with van der Waals surface area (Å²) in [5.41, 5.74) is 4.13. The molecule has 0 fully saturated rings. The zero-order valence-corrected chi connectivity index (χ0v) is 13.2. The van der Waals surface area contributed by atoms with E-state index in [1.807, 2.05) is 6.92 Å². The van der Waals surface area contributed by atoms with Crippen LogP contribution in [0.5, 0.6) is 5.75 Å². The van der Waals surface area contributed by atoms with Crippen LogP contribution in [0.1, 0.15) is 63.1 Å². The van der Waals surface area contributed by atoms with E-state index in [4.69, 9.17) is 9.47 Å². The summed E-state index contributed by atoms with van der Waals surface area (Å²) in [7, 11) is 0. The first kappa shape index (κ1) is 16.0. The van der Waals surface area contributed by atoms with Gasteiger partial charge in [0.2, 0.25) is 0 Å². The molecule has 0 aromatic heterocycles. The molecule has 0 unspecified atom stereocenters. The van der Waals surface area contributed by atoms with Crippen LogP contribution in [-0.4, -0.2) is 19.8 Å². The molecule has 0 heterocycles. The van der Waals surface area contributed by atoms with Gasteiger partial charge in [-0.25, -0.2) is 0 Å². The average Bonchev–Trinajstić information content (AvgIpc) is 2.33. The van der Waals surface area contributed by atoms with Crippen LogP contribution >= 0.6 is 0 Å². The van der Waals surface area contributed by atoms with E-state index in [0.717, 1.165) is 12.4 Å². The first-order valence-electron chi connectivity index (χ1n) is 7.32. The van der Waals surface area contributed by atoms with E-state index in [2.05, 4.69) is 46.8 Å². The Hall–Kier alpha value is -1.02. The van der Waals surface area contributed by atoms with Crippen molar-refractivity contribution < 1.29 is 9.47 Å². The first-order chi connectivity index (χ1) is 8.99. The fourth-order valence-electron chi connectivity index (χ4n) is 2.54. The molecular formula is C17H28O2. The SMILES string of the molecule is CCOCCOc1ccc(C(C)C)c(C)c1C(C)C. The predicted octanol–water partition coefficient (Wildman–Crippen LogP) is 4.66. The molecule has 0 amide bonds. The van der Waals surface area contributed by atoms with Gasteiger partial charge in [-0.2, -0.15) is 0 Å². The molecule has 0 saturated heterocycles. The molecule has 2 nitrogen and oxygen atoms in total. The van der Waals surface area contributed by atoms with Crippen molar-refractivity contribution in [3.8, 4) is 5.75 Å². The lowest BCUT2D eigenvalue weighted by atomic mass is 9.89. The molecular weight excluding hydrogens is 236 g/mol. The molecule has 0 aliphatic carbocycles. The lowest BCUT2D eigenvalue weighted by Crippen LogP contribution is -2.10. The van der Waals surface area contributed by atoms with Crippen molar-refractivity contribution >= 4 is 0 Å². The Kier molecular flexibility index (Phi) is 6.36. The first-order valence-corrected chi connectivity index (χ1v) is 7.32. The topological polar surface area (TPSA) is 18.5 Å². The van der Waals surface area contributed by atoms with Crippen LogP contribution in [-0.2, 0) is 4.74 Å². The molecule has 1 aromatic carbocycles. The third-order valence-corrected chi connectivity index (χ3v) is 3.41. The third kappa shape index (κ3) is 4.24. The van der Waals surface area contributed by atoms with Crippen LogP contribution in [0.3, 0.4) is 0 Å². The summed E-state index contributed by atoms with van der Waals surface area (Å²) in [6, 6.07) is 4.31. The molecule has 108 valence electrons. The molecule has 0 spiro atoms. The van der Waals surface area contributed by atoms with Crippen LogP contribution < -0.4 is 4.74 Å². The zero-order valence-electron chi connectivity index (χ0n) is 13.2. The molecule has 1 rings (SSSR count). The van der Waals surface area contributed by atoms with Crippen LogP contribution in [0, 0.1) is 6.92 Å². The van der Waals surface area contributed by atoms with E-state index in [1.165, 1.54) is 16.7 Å². The minimum Gasteiger partial charge on any atom is -0.491 e. The van der Waals surface area contributed by atoms with Gasteiger partial charge in [0.1, 0.15) is 12.4 Å². The number of hydrogen-bond acceptors (Lipinski definition) is 2. The maximum Gasteiger partial charge on any atom is 0.123 e. The van der Waals surface area contributed by atoms with Crippen molar-refractivity contribution in [3.63, 3.8) is 0 Å². The zero-order chi connectivity index (χ0) is 14.4. The van der Waals surface area contributed by atoms with Gasteiger partial charge in [-0.05, 0) is 48.4 Å². The summed E-state index contributed by atoms with van der Waals surface area (Å²) in [6.45, 7) is 15.1. The maximum atomic E-state index is 5.89. The normalized spacial score (nSPS) is 11.4. The highest BCUT2D eigenvalue weighted by atomic mass is 16.5. The number of benzene rings is 1. The molecule has 2 heteroatoms. The van der Waals surface area contributed by atoms with Gasteiger partial charge in [-0.1, -0.05) is 33.8 Å². The molecule has 0 bridgehead atoms. The van der Waals surface area contributed by atoms with Gasteiger partial charge < -0.3 is 9.47 Å². The number of rotatable bonds is 7.